The Hall–Kier alpha value is -1.26. The molecule has 2 amide bonds. The fourth-order valence-corrected chi connectivity index (χ4v) is 2.42. The normalized spacial score (nSPS) is 23.4. The quantitative estimate of drug-likeness (QED) is 0.703. The lowest BCUT2D eigenvalue weighted by molar-refractivity contribution is -0.141. The first-order chi connectivity index (χ1) is 8.34. The number of aliphatic carboxylic acids is 1. The minimum Gasteiger partial charge on any atom is -0.481 e. The van der Waals surface area contributed by atoms with Gasteiger partial charge < -0.3 is 15.7 Å². The van der Waals surface area contributed by atoms with Crippen LogP contribution in [0.4, 0.5) is 4.79 Å². The van der Waals surface area contributed by atoms with Crippen molar-refractivity contribution in [3.8, 4) is 0 Å². The molecular formula is C13H24N2O3. The van der Waals surface area contributed by atoms with Crippen molar-refractivity contribution in [3.05, 3.63) is 0 Å². The third kappa shape index (κ3) is 4.55. The summed E-state index contributed by atoms with van der Waals surface area (Å²) < 4.78 is 0. The Morgan fingerprint density at radius 1 is 1.44 bits per heavy atom. The summed E-state index contributed by atoms with van der Waals surface area (Å²) >= 11 is 0. The Kier molecular flexibility index (Phi) is 4.99. The third-order valence-electron chi connectivity index (χ3n) is 3.65. The van der Waals surface area contributed by atoms with Crippen LogP contribution in [-0.4, -0.2) is 29.7 Å². The first-order valence-corrected chi connectivity index (χ1v) is 6.61. The van der Waals surface area contributed by atoms with E-state index in [1.54, 1.807) is 6.92 Å². The summed E-state index contributed by atoms with van der Waals surface area (Å²) in [4.78, 5) is 22.4. The van der Waals surface area contributed by atoms with Crippen molar-refractivity contribution in [2.45, 2.75) is 52.5 Å². The molecule has 1 saturated carbocycles. The lowest BCUT2D eigenvalue weighted by Gasteiger charge is -2.18. The molecular weight excluding hydrogens is 232 g/mol. The SMILES string of the molecule is CCC(CNC(=O)NC1CCC(C)(C)C1)C(=O)O. The van der Waals surface area contributed by atoms with Crippen molar-refractivity contribution in [1.29, 1.82) is 0 Å². The van der Waals surface area contributed by atoms with Crippen LogP contribution in [0.5, 0.6) is 0 Å². The first kappa shape index (κ1) is 14.8. The molecule has 0 aromatic rings. The zero-order valence-corrected chi connectivity index (χ0v) is 11.5. The highest BCUT2D eigenvalue weighted by atomic mass is 16.4. The van der Waals surface area contributed by atoms with E-state index in [0.717, 1.165) is 19.3 Å². The van der Waals surface area contributed by atoms with Crippen molar-refractivity contribution < 1.29 is 14.7 Å². The zero-order chi connectivity index (χ0) is 13.8. The van der Waals surface area contributed by atoms with Gasteiger partial charge in [-0.05, 0) is 31.1 Å². The molecule has 0 aliphatic heterocycles. The maximum atomic E-state index is 11.6. The summed E-state index contributed by atoms with van der Waals surface area (Å²) in [6.45, 7) is 6.39. The van der Waals surface area contributed by atoms with Crippen molar-refractivity contribution in [2.24, 2.45) is 11.3 Å². The summed E-state index contributed by atoms with van der Waals surface area (Å²) in [6, 6.07) is -0.0395. The van der Waals surface area contributed by atoms with Gasteiger partial charge in [0.05, 0.1) is 5.92 Å². The molecule has 0 heterocycles. The smallest absolute Gasteiger partial charge is 0.315 e. The molecule has 0 aromatic heterocycles. The second-order valence-electron chi connectivity index (χ2n) is 5.90. The van der Waals surface area contributed by atoms with E-state index in [2.05, 4.69) is 24.5 Å². The second kappa shape index (κ2) is 6.07. The minimum absolute atomic E-state index is 0.188. The highest BCUT2D eigenvalue weighted by molar-refractivity contribution is 5.76. The summed E-state index contributed by atoms with van der Waals surface area (Å²) in [5.74, 6) is -1.37. The molecule has 0 bridgehead atoms. The van der Waals surface area contributed by atoms with Gasteiger partial charge in [0, 0.05) is 12.6 Å². The maximum Gasteiger partial charge on any atom is 0.315 e. The van der Waals surface area contributed by atoms with Gasteiger partial charge in [0.25, 0.3) is 0 Å². The van der Waals surface area contributed by atoms with E-state index in [1.165, 1.54) is 0 Å². The fraction of sp³-hybridized carbons (Fsp3) is 0.846. The number of carboxylic acid groups (broad SMARTS) is 1. The Morgan fingerprint density at radius 2 is 2.11 bits per heavy atom. The van der Waals surface area contributed by atoms with Crippen molar-refractivity contribution in [2.75, 3.05) is 6.54 Å². The molecule has 2 unspecified atom stereocenters. The highest BCUT2D eigenvalue weighted by Crippen LogP contribution is 2.36. The van der Waals surface area contributed by atoms with Gasteiger partial charge in [-0.3, -0.25) is 4.79 Å². The predicted molar refractivity (Wildman–Crippen MR) is 69.4 cm³/mol. The van der Waals surface area contributed by atoms with Crippen LogP contribution in [0.15, 0.2) is 0 Å². The van der Waals surface area contributed by atoms with Gasteiger partial charge in [-0.15, -0.1) is 0 Å². The molecule has 104 valence electrons. The number of carbonyl (C=O) groups excluding carboxylic acids is 1. The van der Waals surface area contributed by atoms with Crippen molar-refractivity contribution in [3.63, 3.8) is 0 Å². The van der Waals surface area contributed by atoms with Gasteiger partial charge in [-0.25, -0.2) is 4.79 Å². The summed E-state index contributed by atoms with van der Waals surface area (Å²) in [7, 11) is 0. The van der Waals surface area contributed by atoms with Crippen LogP contribution >= 0.6 is 0 Å². The molecule has 18 heavy (non-hydrogen) atoms. The molecule has 1 aliphatic rings. The minimum atomic E-state index is -0.861. The van der Waals surface area contributed by atoms with E-state index < -0.39 is 11.9 Å². The van der Waals surface area contributed by atoms with Gasteiger partial charge in [0.2, 0.25) is 0 Å². The largest absolute Gasteiger partial charge is 0.481 e. The van der Waals surface area contributed by atoms with Crippen LogP contribution in [-0.2, 0) is 4.79 Å². The summed E-state index contributed by atoms with van der Waals surface area (Å²) in [6.07, 6.45) is 3.61. The van der Waals surface area contributed by atoms with E-state index in [9.17, 15) is 9.59 Å². The predicted octanol–water partition coefficient (Wildman–Crippen LogP) is 1.98. The van der Waals surface area contributed by atoms with Gasteiger partial charge in [0.1, 0.15) is 0 Å². The number of carboxylic acids is 1. The van der Waals surface area contributed by atoms with E-state index in [-0.39, 0.29) is 18.6 Å². The molecule has 0 radical (unpaired) electrons. The third-order valence-corrected chi connectivity index (χ3v) is 3.65. The molecule has 2 atom stereocenters. The number of amides is 2. The Labute approximate surface area is 108 Å². The maximum absolute atomic E-state index is 11.6. The van der Waals surface area contributed by atoms with Crippen molar-refractivity contribution >= 4 is 12.0 Å². The van der Waals surface area contributed by atoms with E-state index in [4.69, 9.17) is 5.11 Å². The Balaban J connectivity index is 2.28. The molecule has 1 fully saturated rings. The first-order valence-electron chi connectivity index (χ1n) is 6.61. The summed E-state index contributed by atoms with van der Waals surface area (Å²) in [5, 5.41) is 14.4. The topological polar surface area (TPSA) is 78.4 Å². The number of hydrogen-bond donors (Lipinski definition) is 3. The van der Waals surface area contributed by atoms with E-state index >= 15 is 0 Å². The van der Waals surface area contributed by atoms with Crippen LogP contribution in [0.25, 0.3) is 0 Å². The van der Waals surface area contributed by atoms with Crippen LogP contribution in [0.2, 0.25) is 0 Å². The molecule has 5 nitrogen and oxygen atoms in total. The molecule has 3 N–H and O–H groups in total. The van der Waals surface area contributed by atoms with Crippen LogP contribution < -0.4 is 10.6 Å². The molecule has 1 aliphatic carbocycles. The highest BCUT2D eigenvalue weighted by Gasteiger charge is 2.31. The fourth-order valence-electron chi connectivity index (χ4n) is 2.42. The number of hydrogen-bond acceptors (Lipinski definition) is 2. The average Bonchev–Trinajstić information content (AvgIpc) is 2.58. The van der Waals surface area contributed by atoms with Crippen LogP contribution in [0.3, 0.4) is 0 Å². The van der Waals surface area contributed by atoms with Gasteiger partial charge in [-0.2, -0.15) is 0 Å². The van der Waals surface area contributed by atoms with Gasteiger partial charge in [0.15, 0.2) is 0 Å². The average molecular weight is 256 g/mol. The zero-order valence-electron chi connectivity index (χ0n) is 11.5. The lowest BCUT2D eigenvalue weighted by Crippen LogP contribution is -2.43. The molecule has 1 rings (SSSR count). The van der Waals surface area contributed by atoms with E-state index in [1.807, 2.05) is 0 Å². The second-order valence-corrected chi connectivity index (χ2v) is 5.90. The number of nitrogens with one attached hydrogen (secondary N) is 2. The number of urea groups is 1. The standard InChI is InChI=1S/C13H24N2O3/c1-4-9(11(16)17)8-14-12(18)15-10-5-6-13(2,3)7-10/h9-10H,4-8H2,1-3H3,(H,16,17)(H2,14,15,18). The van der Waals surface area contributed by atoms with Crippen molar-refractivity contribution in [1.82, 2.24) is 10.6 Å². The molecule has 0 spiro atoms. The Bertz CT molecular complexity index is 315. The molecule has 5 heteroatoms. The van der Waals surface area contributed by atoms with Gasteiger partial charge >= 0.3 is 12.0 Å². The molecule has 0 saturated heterocycles. The number of rotatable bonds is 5. The van der Waals surface area contributed by atoms with E-state index in [0.29, 0.717) is 11.8 Å². The number of carbonyl (C=O) groups is 2. The Morgan fingerprint density at radius 3 is 2.56 bits per heavy atom. The van der Waals surface area contributed by atoms with Gasteiger partial charge in [-0.1, -0.05) is 20.8 Å². The lowest BCUT2D eigenvalue weighted by atomic mass is 9.92. The molecule has 0 aromatic carbocycles. The monoisotopic (exact) mass is 256 g/mol. The van der Waals surface area contributed by atoms with Crippen LogP contribution in [0, 0.1) is 11.3 Å². The van der Waals surface area contributed by atoms with Crippen LogP contribution in [0.1, 0.15) is 46.5 Å². The summed E-state index contributed by atoms with van der Waals surface area (Å²) in [5.41, 5.74) is 0.297.